The van der Waals surface area contributed by atoms with E-state index >= 15 is 0 Å². The van der Waals surface area contributed by atoms with Gasteiger partial charge in [-0.1, -0.05) is 17.7 Å². The number of hydrogen-bond acceptors (Lipinski definition) is 3. The summed E-state index contributed by atoms with van der Waals surface area (Å²) in [5.41, 5.74) is 4.79. The Kier molecular flexibility index (Phi) is 3.81. The molecule has 2 aromatic carbocycles. The first-order valence-electron chi connectivity index (χ1n) is 9.14. The van der Waals surface area contributed by atoms with Crippen molar-refractivity contribution in [3.05, 3.63) is 65.5 Å². The maximum absolute atomic E-state index is 13.3. The number of hydrogen-bond donors (Lipinski definition) is 2. The number of nitrogens with one attached hydrogen (secondary N) is 1. The molecule has 5 rings (SSSR count). The molecule has 1 amide bonds. The monoisotopic (exact) mass is 391 g/mol. The summed E-state index contributed by atoms with van der Waals surface area (Å²) in [6.07, 6.45) is 1.65. The van der Waals surface area contributed by atoms with Crippen molar-refractivity contribution in [3.63, 3.8) is 0 Å². The van der Waals surface area contributed by atoms with Gasteiger partial charge in [0, 0.05) is 46.9 Å². The maximum Gasteiger partial charge on any atom is 0.274 e. The number of alkyl halides is 1. The third kappa shape index (κ3) is 2.47. The SMILES string of the molecule is Cc1ccc2[nH]c(C(=O)N3CC(CCl)c4c3cc(O)c3ncccc43)cc2c1. The molecule has 4 aromatic rings. The number of fused-ring (bicyclic) bond motifs is 4. The molecule has 1 aliphatic heterocycles. The summed E-state index contributed by atoms with van der Waals surface area (Å²) in [6, 6.07) is 13.3. The lowest BCUT2D eigenvalue weighted by Gasteiger charge is -2.17. The van der Waals surface area contributed by atoms with E-state index in [2.05, 4.69) is 9.97 Å². The zero-order valence-electron chi connectivity index (χ0n) is 15.2. The first-order valence-corrected chi connectivity index (χ1v) is 9.68. The lowest BCUT2D eigenvalue weighted by Crippen LogP contribution is -2.30. The Labute approximate surface area is 166 Å². The molecule has 140 valence electrons. The van der Waals surface area contributed by atoms with Crippen LogP contribution in [-0.2, 0) is 0 Å². The second-order valence-corrected chi connectivity index (χ2v) is 7.58. The van der Waals surface area contributed by atoms with Gasteiger partial charge in [-0.05, 0) is 36.8 Å². The third-order valence-corrected chi connectivity index (χ3v) is 5.80. The second-order valence-electron chi connectivity index (χ2n) is 7.27. The van der Waals surface area contributed by atoms with Crippen LogP contribution in [-0.4, -0.2) is 33.4 Å². The number of aromatic hydroxyl groups is 1. The summed E-state index contributed by atoms with van der Waals surface area (Å²) in [5.74, 6) is 0.303. The van der Waals surface area contributed by atoms with Gasteiger partial charge in [0.15, 0.2) is 0 Å². The number of aromatic amines is 1. The highest BCUT2D eigenvalue weighted by molar-refractivity contribution is 6.19. The Bertz CT molecular complexity index is 1250. The lowest BCUT2D eigenvalue weighted by atomic mass is 9.98. The molecule has 2 aromatic heterocycles. The summed E-state index contributed by atoms with van der Waals surface area (Å²) >= 11 is 6.24. The molecule has 2 N–H and O–H groups in total. The highest BCUT2D eigenvalue weighted by Gasteiger charge is 2.35. The van der Waals surface area contributed by atoms with Crippen molar-refractivity contribution in [2.45, 2.75) is 12.8 Å². The molecule has 0 bridgehead atoms. The smallest absolute Gasteiger partial charge is 0.274 e. The minimum absolute atomic E-state index is 0.0143. The summed E-state index contributed by atoms with van der Waals surface area (Å²) in [7, 11) is 0. The predicted molar refractivity (Wildman–Crippen MR) is 112 cm³/mol. The van der Waals surface area contributed by atoms with Gasteiger partial charge < -0.3 is 15.0 Å². The molecule has 1 unspecified atom stereocenters. The molecular formula is C22H18ClN3O2. The van der Waals surface area contributed by atoms with E-state index in [4.69, 9.17) is 11.6 Å². The van der Waals surface area contributed by atoms with Gasteiger partial charge in [-0.25, -0.2) is 0 Å². The summed E-state index contributed by atoms with van der Waals surface area (Å²) in [4.78, 5) is 22.5. The number of pyridine rings is 1. The van der Waals surface area contributed by atoms with Crippen LogP contribution in [0.25, 0.3) is 21.8 Å². The van der Waals surface area contributed by atoms with Crippen LogP contribution in [0.3, 0.4) is 0 Å². The number of H-pyrrole nitrogens is 1. The number of amides is 1. The second kappa shape index (κ2) is 6.24. The van der Waals surface area contributed by atoms with E-state index in [0.717, 1.165) is 27.4 Å². The van der Waals surface area contributed by atoms with E-state index in [0.29, 0.717) is 29.3 Å². The van der Waals surface area contributed by atoms with Crippen molar-refractivity contribution in [2.75, 3.05) is 17.3 Å². The van der Waals surface area contributed by atoms with Crippen molar-refractivity contribution < 1.29 is 9.90 Å². The van der Waals surface area contributed by atoms with Gasteiger partial charge in [0.25, 0.3) is 5.91 Å². The number of phenolic OH excluding ortho intramolecular Hbond substituents is 1. The summed E-state index contributed by atoms with van der Waals surface area (Å²) in [5, 5.41) is 12.3. The molecule has 1 aliphatic rings. The Morgan fingerprint density at radius 1 is 1.32 bits per heavy atom. The van der Waals surface area contributed by atoms with Crippen LogP contribution >= 0.6 is 11.6 Å². The number of phenols is 1. The van der Waals surface area contributed by atoms with Crippen LogP contribution < -0.4 is 4.90 Å². The van der Waals surface area contributed by atoms with Crippen molar-refractivity contribution in [1.82, 2.24) is 9.97 Å². The molecule has 6 heteroatoms. The lowest BCUT2D eigenvalue weighted by molar-refractivity contribution is 0.0984. The van der Waals surface area contributed by atoms with E-state index in [1.54, 1.807) is 17.2 Å². The molecule has 1 atom stereocenters. The van der Waals surface area contributed by atoms with E-state index in [1.807, 2.05) is 43.3 Å². The molecule has 0 radical (unpaired) electrons. The highest BCUT2D eigenvalue weighted by atomic mass is 35.5. The van der Waals surface area contributed by atoms with Gasteiger partial charge in [0.1, 0.15) is 17.0 Å². The largest absolute Gasteiger partial charge is 0.506 e. The fourth-order valence-corrected chi connectivity index (χ4v) is 4.39. The van der Waals surface area contributed by atoms with Gasteiger partial charge in [-0.2, -0.15) is 0 Å². The Hall–Kier alpha value is -3.05. The van der Waals surface area contributed by atoms with Crippen LogP contribution in [0.1, 0.15) is 27.5 Å². The Morgan fingerprint density at radius 3 is 3.00 bits per heavy atom. The first-order chi connectivity index (χ1) is 13.6. The van der Waals surface area contributed by atoms with E-state index in [9.17, 15) is 9.90 Å². The van der Waals surface area contributed by atoms with Crippen molar-refractivity contribution in [1.29, 1.82) is 0 Å². The molecule has 0 saturated heterocycles. The normalized spacial score (nSPS) is 16.1. The predicted octanol–water partition coefficient (Wildman–Crippen LogP) is 4.71. The van der Waals surface area contributed by atoms with Crippen LogP contribution in [0, 0.1) is 6.92 Å². The zero-order chi connectivity index (χ0) is 19.4. The molecule has 0 spiro atoms. The molecule has 0 fully saturated rings. The van der Waals surface area contributed by atoms with Gasteiger partial charge in [-0.15, -0.1) is 11.6 Å². The van der Waals surface area contributed by atoms with Crippen molar-refractivity contribution in [2.24, 2.45) is 0 Å². The van der Waals surface area contributed by atoms with Crippen molar-refractivity contribution in [3.8, 4) is 5.75 Å². The number of rotatable bonds is 2. The highest BCUT2D eigenvalue weighted by Crippen LogP contribution is 2.45. The molecule has 0 saturated carbocycles. The number of anilines is 1. The number of aryl methyl sites for hydroxylation is 1. The first kappa shape index (κ1) is 17.1. The minimum atomic E-state index is -0.134. The van der Waals surface area contributed by atoms with Crippen LogP contribution in [0.5, 0.6) is 5.75 Å². The van der Waals surface area contributed by atoms with Crippen LogP contribution in [0.15, 0.2) is 48.7 Å². The number of halogens is 1. The molecule has 0 aliphatic carbocycles. The summed E-state index contributed by atoms with van der Waals surface area (Å²) < 4.78 is 0. The minimum Gasteiger partial charge on any atom is -0.506 e. The van der Waals surface area contributed by atoms with Gasteiger partial charge in [0.2, 0.25) is 0 Å². The van der Waals surface area contributed by atoms with E-state index < -0.39 is 0 Å². The number of carbonyl (C=O) groups is 1. The van der Waals surface area contributed by atoms with Crippen LogP contribution in [0.4, 0.5) is 5.69 Å². The van der Waals surface area contributed by atoms with Gasteiger partial charge in [-0.3, -0.25) is 9.78 Å². The van der Waals surface area contributed by atoms with Gasteiger partial charge >= 0.3 is 0 Å². The zero-order valence-corrected chi connectivity index (χ0v) is 16.0. The van der Waals surface area contributed by atoms with E-state index in [-0.39, 0.29) is 17.6 Å². The molecule has 5 nitrogen and oxygen atoms in total. The summed E-state index contributed by atoms with van der Waals surface area (Å²) in [6.45, 7) is 2.50. The fourth-order valence-electron chi connectivity index (χ4n) is 4.13. The third-order valence-electron chi connectivity index (χ3n) is 5.43. The molecule has 28 heavy (non-hydrogen) atoms. The van der Waals surface area contributed by atoms with Crippen molar-refractivity contribution >= 4 is 45.0 Å². The average molecular weight is 392 g/mol. The number of benzene rings is 2. The van der Waals surface area contributed by atoms with Crippen LogP contribution in [0.2, 0.25) is 0 Å². The fraction of sp³-hybridized carbons (Fsp3) is 0.182. The topological polar surface area (TPSA) is 69.2 Å². The standard InChI is InChI=1S/C22H18ClN3O2/c1-12-4-5-16-13(7-12)8-17(25-16)22(28)26-11-14(10-23)20-15-3-2-6-24-21(15)19(27)9-18(20)26/h2-9,14,25,27H,10-11H2,1H3. The number of carbonyl (C=O) groups excluding carboxylic acids is 1. The number of aromatic nitrogens is 2. The molecular weight excluding hydrogens is 374 g/mol. The Morgan fingerprint density at radius 2 is 2.18 bits per heavy atom. The quantitative estimate of drug-likeness (QED) is 0.486. The maximum atomic E-state index is 13.3. The average Bonchev–Trinajstić information content (AvgIpc) is 3.28. The van der Waals surface area contributed by atoms with E-state index in [1.165, 1.54) is 0 Å². The number of nitrogens with zero attached hydrogens (tertiary/aromatic N) is 2. The van der Waals surface area contributed by atoms with Gasteiger partial charge in [0.05, 0.1) is 5.69 Å². The molecule has 3 heterocycles. The Balaban J connectivity index is 1.65.